The van der Waals surface area contributed by atoms with E-state index in [1.165, 1.54) is 61.1 Å². The third kappa shape index (κ3) is 2.80. The summed E-state index contributed by atoms with van der Waals surface area (Å²) >= 11 is 0. The SMILES string of the molecule is CC=C1CN2[C@H]3C[C@@H]1[C@@H]([C@@H]1OC[C@H]4[C@H]5C[C@@H]6N(CC[C@@]67c6ccccc6N1[C@@H]47)C[C@H]5CC)[C@@H]2Cc1c3[nH]c2ccccc12. The minimum Gasteiger partial charge on any atom is -0.358 e. The summed E-state index contributed by atoms with van der Waals surface area (Å²) in [5.74, 6) is 3.33. The predicted molar refractivity (Wildman–Crippen MR) is 170 cm³/mol. The molecule has 6 saturated heterocycles. The molecule has 5 nitrogen and oxygen atoms in total. The van der Waals surface area contributed by atoms with E-state index in [-0.39, 0.29) is 11.6 Å². The number of nitrogens with one attached hydrogen (secondary N) is 1. The van der Waals surface area contributed by atoms with E-state index in [2.05, 4.69) is 88.1 Å². The van der Waals surface area contributed by atoms with E-state index in [0.717, 1.165) is 31.4 Å². The van der Waals surface area contributed by atoms with Crippen molar-refractivity contribution < 1.29 is 4.74 Å². The van der Waals surface area contributed by atoms with Gasteiger partial charge in [-0.1, -0.05) is 61.4 Å². The molecule has 12 rings (SSSR count). The molecule has 0 amide bonds. The number of ether oxygens (including phenoxy) is 1. The van der Waals surface area contributed by atoms with Gasteiger partial charge in [-0.05, 0) is 80.2 Å². The van der Waals surface area contributed by atoms with Gasteiger partial charge in [-0.25, -0.2) is 0 Å². The summed E-state index contributed by atoms with van der Waals surface area (Å²) in [7, 11) is 0. The van der Waals surface area contributed by atoms with Crippen LogP contribution in [0.2, 0.25) is 0 Å². The molecule has 1 aliphatic carbocycles. The average molecular weight is 573 g/mol. The molecule has 0 radical (unpaired) electrons. The Morgan fingerprint density at radius 1 is 1.07 bits per heavy atom. The second-order valence-corrected chi connectivity index (χ2v) is 15.4. The number of hydrogen-bond donors (Lipinski definition) is 1. The minimum atomic E-state index is 0.148. The summed E-state index contributed by atoms with van der Waals surface area (Å²) in [6.07, 6.45) is 8.98. The molecule has 1 saturated carbocycles. The van der Waals surface area contributed by atoms with Gasteiger partial charge in [0.1, 0.15) is 6.23 Å². The Kier molecular flexibility index (Phi) is 4.80. The average Bonchev–Trinajstić information content (AvgIpc) is 3.73. The van der Waals surface area contributed by atoms with Crippen LogP contribution in [0.1, 0.15) is 62.4 Å². The van der Waals surface area contributed by atoms with Crippen molar-refractivity contribution in [3.63, 3.8) is 0 Å². The number of allylic oxidation sites excluding steroid dienone is 1. The van der Waals surface area contributed by atoms with Gasteiger partial charge < -0.3 is 14.6 Å². The summed E-state index contributed by atoms with van der Waals surface area (Å²) < 4.78 is 7.41. The third-order valence-electron chi connectivity index (χ3n) is 14.5. The molecule has 1 N–H and O–H groups in total. The highest BCUT2D eigenvalue weighted by atomic mass is 16.5. The van der Waals surface area contributed by atoms with Crippen LogP contribution in [-0.2, 0) is 16.6 Å². The monoisotopic (exact) mass is 572 g/mol. The van der Waals surface area contributed by atoms with Gasteiger partial charge in [0.15, 0.2) is 0 Å². The molecule has 12 atom stereocenters. The first-order chi connectivity index (χ1) is 21.2. The van der Waals surface area contributed by atoms with Crippen molar-refractivity contribution in [2.45, 2.75) is 81.8 Å². The van der Waals surface area contributed by atoms with Gasteiger partial charge in [-0.15, -0.1) is 0 Å². The number of aromatic amines is 1. The van der Waals surface area contributed by atoms with E-state index in [1.54, 1.807) is 16.7 Å². The number of nitrogens with zero attached hydrogens (tertiary/aromatic N) is 3. The highest BCUT2D eigenvalue weighted by Gasteiger charge is 2.71. The van der Waals surface area contributed by atoms with Gasteiger partial charge in [0.25, 0.3) is 0 Å². The molecular formula is C38H44N4O. The van der Waals surface area contributed by atoms with Crippen LogP contribution in [0.3, 0.4) is 0 Å². The number of hydrogen-bond acceptors (Lipinski definition) is 4. The summed E-state index contributed by atoms with van der Waals surface area (Å²) in [6.45, 7) is 9.40. The lowest BCUT2D eigenvalue weighted by Crippen LogP contribution is -2.73. The van der Waals surface area contributed by atoms with Crippen molar-refractivity contribution in [1.82, 2.24) is 14.8 Å². The largest absolute Gasteiger partial charge is 0.358 e. The molecular weight excluding hydrogens is 528 g/mol. The van der Waals surface area contributed by atoms with E-state index in [9.17, 15) is 0 Å². The first-order valence-electron chi connectivity index (χ1n) is 17.4. The van der Waals surface area contributed by atoms with Crippen molar-refractivity contribution >= 4 is 16.6 Å². The summed E-state index contributed by atoms with van der Waals surface area (Å²) in [6, 6.07) is 21.0. The Balaban J connectivity index is 1.07. The van der Waals surface area contributed by atoms with Crippen LogP contribution in [0.25, 0.3) is 10.9 Å². The third-order valence-corrected chi connectivity index (χ3v) is 14.5. The number of H-pyrrole nitrogens is 1. The first kappa shape index (κ1) is 24.7. The minimum absolute atomic E-state index is 0.148. The number of piperidine rings is 4. The van der Waals surface area contributed by atoms with Crippen LogP contribution in [0.4, 0.5) is 5.69 Å². The lowest BCUT2D eigenvalue weighted by Gasteiger charge is -2.65. The van der Waals surface area contributed by atoms with E-state index in [1.807, 2.05) is 0 Å². The molecule has 1 spiro atoms. The maximum absolute atomic E-state index is 7.41. The number of fused-ring (bicyclic) bond motifs is 8. The number of benzene rings is 2. The molecule has 5 heteroatoms. The van der Waals surface area contributed by atoms with Crippen LogP contribution in [-0.4, -0.2) is 65.4 Å². The highest BCUT2D eigenvalue weighted by molar-refractivity contribution is 5.85. The molecule has 9 aliphatic rings. The molecule has 9 heterocycles. The Labute approximate surface area is 255 Å². The fourth-order valence-corrected chi connectivity index (χ4v) is 13.0. The lowest BCUT2D eigenvalue weighted by atomic mass is 9.54. The van der Waals surface area contributed by atoms with Crippen molar-refractivity contribution in [2.75, 3.05) is 31.1 Å². The standard InChI is InChI=1S/C38H44N4O/c1-3-21-18-40-14-13-38-28-10-6-8-12-30(28)42-36(38)27(24(21)17-33(38)40)20-43-37(42)34-25-15-32-35-26(23-9-5-7-11-29(23)39-35)16-31(34)41(32)19-22(25)4-2/h4-12,21,24-25,27,31-34,36-37,39H,3,13-20H2,1-2H3/t21-,24+,25+,27+,31+,32+,33+,34-,36+,37+,38-/m1/s1. The lowest BCUT2D eigenvalue weighted by molar-refractivity contribution is -0.157. The topological polar surface area (TPSA) is 34.7 Å². The van der Waals surface area contributed by atoms with Gasteiger partial charge in [0, 0.05) is 70.8 Å². The molecule has 222 valence electrons. The Morgan fingerprint density at radius 2 is 1.95 bits per heavy atom. The predicted octanol–water partition coefficient (Wildman–Crippen LogP) is 6.26. The fourth-order valence-electron chi connectivity index (χ4n) is 13.0. The normalized spacial score (nSPS) is 45.9. The van der Waals surface area contributed by atoms with Gasteiger partial charge in [-0.2, -0.15) is 0 Å². The molecule has 1 aromatic heterocycles. The number of aromatic nitrogens is 1. The van der Waals surface area contributed by atoms with Gasteiger partial charge >= 0.3 is 0 Å². The van der Waals surface area contributed by atoms with Gasteiger partial charge in [0.2, 0.25) is 0 Å². The van der Waals surface area contributed by atoms with E-state index in [0.29, 0.717) is 41.9 Å². The Morgan fingerprint density at radius 3 is 2.86 bits per heavy atom. The zero-order valence-electron chi connectivity index (χ0n) is 25.6. The molecule has 43 heavy (non-hydrogen) atoms. The summed E-state index contributed by atoms with van der Waals surface area (Å²) in [5.41, 5.74) is 9.52. The fraction of sp³-hybridized carbons (Fsp3) is 0.579. The maximum atomic E-state index is 7.41. The molecule has 2 aromatic carbocycles. The second-order valence-electron chi connectivity index (χ2n) is 15.4. The van der Waals surface area contributed by atoms with E-state index in [4.69, 9.17) is 4.74 Å². The zero-order chi connectivity index (χ0) is 28.2. The molecule has 3 aromatic rings. The van der Waals surface area contributed by atoms with Crippen molar-refractivity contribution in [3.05, 3.63) is 77.0 Å². The zero-order valence-corrected chi connectivity index (χ0v) is 25.6. The maximum Gasteiger partial charge on any atom is 0.135 e. The van der Waals surface area contributed by atoms with E-state index < -0.39 is 0 Å². The molecule has 8 aliphatic heterocycles. The quantitative estimate of drug-likeness (QED) is 0.368. The second kappa shape index (κ2) is 8.35. The van der Waals surface area contributed by atoms with E-state index >= 15 is 0 Å². The van der Waals surface area contributed by atoms with Crippen LogP contribution >= 0.6 is 0 Å². The number of para-hydroxylation sites is 2. The molecule has 1 unspecified atom stereocenters. The van der Waals surface area contributed by atoms with Crippen molar-refractivity contribution in [3.8, 4) is 0 Å². The van der Waals surface area contributed by atoms with Crippen LogP contribution < -0.4 is 4.90 Å². The molecule has 7 fully saturated rings. The van der Waals surface area contributed by atoms with Gasteiger partial charge in [-0.3, -0.25) is 9.80 Å². The summed E-state index contributed by atoms with van der Waals surface area (Å²) in [5, 5.41) is 1.45. The highest BCUT2D eigenvalue weighted by Crippen LogP contribution is 2.66. The van der Waals surface area contributed by atoms with Crippen molar-refractivity contribution in [2.24, 2.45) is 29.6 Å². The molecule has 6 bridgehead atoms. The van der Waals surface area contributed by atoms with Gasteiger partial charge in [0.05, 0.1) is 12.6 Å². The van der Waals surface area contributed by atoms with Crippen molar-refractivity contribution in [1.29, 1.82) is 0 Å². The Bertz CT molecular complexity index is 1690. The Hall–Kier alpha value is -2.60. The van der Waals surface area contributed by atoms with Crippen LogP contribution in [0, 0.1) is 29.6 Å². The smallest absolute Gasteiger partial charge is 0.135 e. The first-order valence-corrected chi connectivity index (χ1v) is 17.4. The number of anilines is 1. The van der Waals surface area contributed by atoms with Crippen LogP contribution in [0.15, 0.2) is 60.2 Å². The summed E-state index contributed by atoms with van der Waals surface area (Å²) in [4.78, 5) is 12.7. The van der Waals surface area contributed by atoms with Crippen LogP contribution in [0.5, 0.6) is 0 Å². The number of rotatable bonds is 2.